The van der Waals surface area contributed by atoms with Crippen LogP contribution in [0.4, 0.5) is 0 Å². The zero-order valence-corrected chi connectivity index (χ0v) is 16.2. The highest BCUT2D eigenvalue weighted by atomic mass is 35.5. The molecule has 0 radical (unpaired) electrons. The first kappa shape index (κ1) is 22.2. The lowest BCUT2D eigenvalue weighted by Gasteiger charge is -2.05. The molecule has 0 saturated carbocycles. The summed E-state index contributed by atoms with van der Waals surface area (Å²) in [5, 5.41) is 0. The van der Waals surface area contributed by atoms with Gasteiger partial charge in [0.25, 0.3) is 0 Å². The van der Waals surface area contributed by atoms with E-state index in [1.165, 1.54) is 103 Å². The molecule has 0 aliphatic heterocycles. The highest BCUT2D eigenvalue weighted by Crippen LogP contribution is 2.14. The second-order valence-corrected chi connectivity index (χ2v) is 7.64. The summed E-state index contributed by atoms with van der Waals surface area (Å²) in [6.45, 7) is 5.62. The Labute approximate surface area is 146 Å². The Balaban J connectivity index is 2.94. The van der Waals surface area contributed by atoms with E-state index in [1.54, 1.807) is 0 Å². The third kappa shape index (κ3) is 20.2. The fourth-order valence-electron chi connectivity index (χ4n) is 3.04. The van der Waals surface area contributed by atoms with Gasteiger partial charge in [-0.05, 0) is 24.1 Å². The van der Waals surface area contributed by atoms with E-state index in [1.807, 2.05) is 0 Å². The molecule has 134 valence electrons. The molecule has 22 heavy (non-hydrogen) atoms. The third-order valence-corrected chi connectivity index (χ3v) is 4.74. The second kappa shape index (κ2) is 19.3. The Morgan fingerprint density at radius 2 is 0.864 bits per heavy atom. The van der Waals surface area contributed by atoms with Gasteiger partial charge < -0.3 is 0 Å². The first-order valence-corrected chi connectivity index (χ1v) is 10.5. The molecule has 0 rings (SSSR count). The lowest BCUT2D eigenvalue weighted by atomic mass is 10.0. The van der Waals surface area contributed by atoms with Crippen LogP contribution in [0, 0.1) is 5.92 Å². The first-order valence-electron chi connectivity index (χ1n) is 10.1. The fraction of sp³-hybridized carbons (Fsp3) is 1.00. The molecule has 0 fully saturated rings. The number of nitrogens with one attached hydrogen (secondary N) is 1. The standard InChI is InChI=1S/C20H42ClN/c1-20(2)18-16-14-12-10-8-6-4-3-5-7-9-11-13-15-17-19-22-21/h20,22H,3-19H2,1-2H3. The molecule has 0 aromatic rings. The van der Waals surface area contributed by atoms with E-state index in [-0.39, 0.29) is 0 Å². The molecule has 1 nitrogen and oxygen atoms in total. The van der Waals surface area contributed by atoms with Crippen molar-refractivity contribution >= 4 is 11.8 Å². The molecule has 0 aliphatic carbocycles. The van der Waals surface area contributed by atoms with Gasteiger partial charge in [0, 0.05) is 6.54 Å². The van der Waals surface area contributed by atoms with E-state index < -0.39 is 0 Å². The molecular weight excluding hydrogens is 290 g/mol. The average molecular weight is 332 g/mol. The Bertz CT molecular complexity index is 194. The van der Waals surface area contributed by atoms with Gasteiger partial charge in [0.1, 0.15) is 0 Å². The van der Waals surface area contributed by atoms with Crippen molar-refractivity contribution < 1.29 is 0 Å². The van der Waals surface area contributed by atoms with Crippen LogP contribution in [0.2, 0.25) is 0 Å². The zero-order chi connectivity index (χ0) is 16.3. The van der Waals surface area contributed by atoms with Crippen LogP contribution < -0.4 is 4.84 Å². The van der Waals surface area contributed by atoms with Crippen molar-refractivity contribution in [1.82, 2.24) is 4.84 Å². The number of rotatable bonds is 18. The molecule has 0 aromatic carbocycles. The average Bonchev–Trinajstić information content (AvgIpc) is 2.50. The van der Waals surface area contributed by atoms with Gasteiger partial charge in [0.05, 0.1) is 0 Å². The summed E-state index contributed by atoms with van der Waals surface area (Å²) in [7, 11) is 0. The SMILES string of the molecule is CC(C)CCCCCCCCCCCCCCCCCNCl. The van der Waals surface area contributed by atoms with Gasteiger partial charge in [-0.3, -0.25) is 0 Å². The maximum absolute atomic E-state index is 5.43. The highest BCUT2D eigenvalue weighted by Gasteiger charge is 1.96. The van der Waals surface area contributed by atoms with E-state index >= 15 is 0 Å². The van der Waals surface area contributed by atoms with Gasteiger partial charge in [0.15, 0.2) is 0 Å². The van der Waals surface area contributed by atoms with Crippen LogP contribution in [-0.2, 0) is 0 Å². The number of hydrogen-bond acceptors (Lipinski definition) is 1. The molecule has 2 heteroatoms. The van der Waals surface area contributed by atoms with Crippen LogP contribution in [0.1, 0.15) is 117 Å². The normalized spacial score (nSPS) is 11.5. The van der Waals surface area contributed by atoms with Crippen molar-refractivity contribution in [3.8, 4) is 0 Å². The van der Waals surface area contributed by atoms with Gasteiger partial charge >= 0.3 is 0 Å². The lowest BCUT2D eigenvalue weighted by molar-refractivity contribution is 0.502. The Kier molecular flexibility index (Phi) is 19.5. The zero-order valence-electron chi connectivity index (χ0n) is 15.5. The van der Waals surface area contributed by atoms with E-state index in [2.05, 4.69) is 18.7 Å². The topological polar surface area (TPSA) is 12.0 Å². The Morgan fingerprint density at radius 1 is 0.545 bits per heavy atom. The van der Waals surface area contributed by atoms with Gasteiger partial charge in [-0.15, -0.1) is 0 Å². The van der Waals surface area contributed by atoms with E-state index in [0.29, 0.717) is 0 Å². The number of halogens is 1. The van der Waals surface area contributed by atoms with Gasteiger partial charge in [-0.2, -0.15) is 0 Å². The summed E-state index contributed by atoms with van der Waals surface area (Å²) in [5.74, 6) is 0.891. The monoisotopic (exact) mass is 331 g/mol. The van der Waals surface area contributed by atoms with Gasteiger partial charge in [0.2, 0.25) is 0 Å². The highest BCUT2D eigenvalue weighted by molar-refractivity contribution is 6.13. The smallest absolute Gasteiger partial charge is 0.0108 e. The largest absolute Gasteiger partial charge is 0.234 e. The summed E-state index contributed by atoms with van der Waals surface area (Å²) in [4.78, 5) is 2.69. The molecule has 0 bridgehead atoms. The maximum atomic E-state index is 5.43. The lowest BCUT2D eigenvalue weighted by Crippen LogP contribution is -1.99. The Hall–Kier alpha value is 0.250. The molecule has 0 unspecified atom stereocenters. The predicted molar refractivity (Wildman–Crippen MR) is 103 cm³/mol. The minimum atomic E-state index is 0.891. The second-order valence-electron chi connectivity index (χ2n) is 7.37. The number of hydrogen-bond donors (Lipinski definition) is 1. The number of unbranched alkanes of at least 4 members (excludes halogenated alkanes) is 14. The minimum Gasteiger partial charge on any atom is -0.234 e. The van der Waals surface area contributed by atoms with Gasteiger partial charge in [-0.25, -0.2) is 4.84 Å². The van der Waals surface area contributed by atoms with E-state index in [0.717, 1.165) is 12.5 Å². The van der Waals surface area contributed by atoms with Crippen LogP contribution in [0.5, 0.6) is 0 Å². The molecule has 0 aliphatic rings. The summed E-state index contributed by atoms with van der Waals surface area (Å²) in [6, 6.07) is 0. The van der Waals surface area contributed by atoms with Crippen LogP contribution in [0.3, 0.4) is 0 Å². The third-order valence-electron chi connectivity index (χ3n) is 4.55. The molecule has 0 heterocycles. The van der Waals surface area contributed by atoms with Crippen LogP contribution in [0.25, 0.3) is 0 Å². The van der Waals surface area contributed by atoms with Crippen molar-refractivity contribution in [1.29, 1.82) is 0 Å². The van der Waals surface area contributed by atoms with Crippen molar-refractivity contribution in [3.63, 3.8) is 0 Å². The van der Waals surface area contributed by atoms with Crippen LogP contribution >= 0.6 is 11.8 Å². The molecule has 0 aromatic heterocycles. The van der Waals surface area contributed by atoms with E-state index in [9.17, 15) is 0 Å². The molecule has 1 N–H and O–H groups in total. The summed E-state index contributed by atoms with van der Waals surface area (Å²) in [5.41, 5.74) is 0. The van der Waals surface area contributed by atoms with Crippen molar-refractivity contribution in [2.75, 3.05) is 6.54 Å². The summed E-state index contributed by atoms with van der Waals surface area (Å²) in [6.07, 6.45) is 22.8. The predicted octanol–water partition coefficient (Wildman–Crippen LogP) is 7.63. The molecule has 0 amide bonds. The quantitative estimate of drug-likeness (QED) is 0.201. The molecular formula is C20H42ClN. The summed E-state index contributed by atoms with van der Waals surface area (Å²) >= 11 is 5.43. The molecule has 0 spiro atoms. The molecule has 0 atom stereocenters. The Morgan fingerprint density at radius 3 is 1.18 bits per heavy atom. The van der Waals surface area contributed by atoms with Crippen molar-refractivity contribution in [2.24, 2.45) is 5.92 Å². The van der Waals surface area contributed by atoms with E-state index in [4.69, 9.17) is 11.8 Å². The molecule has 0 saturated heterocycles. The summed E-state index contributed by atoms with van der Waals surface area (Å²) < 4.78 is 0. The van der Waals surface area contributed by atoms with Crippen LogP contribution in [0.15, 0.2) is 0 Å². The van der Waals surface area contributed by atoms with Crippen molar-refractivity contribution in [3.05, 3.63) is 0 Å². The maximum Gasteiger partial charge on any atom is 0.0108 e. The first-order chi connectivity index (χ1) is 10.8. The van der Waals surface area contributed by atoms with Crippen LogP contribution in [-0.4, -0.2) is 6.54 Å². The van der Waals surface area contributed by atoms with Gasteiger partial charge in [-0.1, -0.05) is 110 Å². The fourth-order valence-corrected chi connectivity index (χ4v) is 3.18. The van der Waals surface area contributed by atoms with Crippen molar-refractivity contribution in [2.45, 2.75) is 117 Å². The minimum absolute atomic E-state index is 0.891.